The number of benzene rings is 1. The predicted octanol–water partition coefficient (Wildman–Crippen LogP) is 3.45. The number of rotatable bonds is 2. The second kappa shape index (κ2) is 4.41. The van der Waals surface area contributed by atoms with Gasteiger partial charge >= 0.3 is 0 Å². The van der Waals surface area contributed by atoms with E-state index in [1.807, 2.05) is 30.1 Å². The lowest BCUT2D eigenvalue weighted by Crippen LogP contribution is -1.95. The van der Waals surface area contributed by atoms with E-state index in [-0.39, 0.29) is 0 Å². The molecular weight excluding hydrogens is 234 g/mol. The molecule has 0 saturated carbocycles. The van der Waals surface area contributed by atoms with Gasteiger partial charge in [-0.05, 0) is 18.1 Å². The zero-order valence-corrected chi connectivity index (χ0v) is 11.0. The van der Waals surface area contributed by atoms with Crippen LogP contribution in [0, 0.1) is 0 Å². The van der Waals surface area contributed by atoms with Crippen molar-refractivity contribution in [2.45, 2.75) is 19.8 Å². The van der Waals surface area contributed by atoms with Crippen LogP contribution in [-0.4, -0.2) is 9.78 Å². The maximum atomic E-state index is 6.01. The highest BCUT2D eigenvalue weighted by Crippen LogP contribution is 2.33. The minimum atomic E-state index is 0.362. The molecular formula is C13H16ClN3. The van der Waals surface area contributed by atoms with Crippen LogP contribution < -0.4 is 5.73 Å². The third kappa shape index (κ3) is 2.29. The molecule has 0 aliphatic rings. The molecule has 0 amide bonds. The van der Waals surface area contributed by atoms with Crippen molar-refractivity contribution in [2.75, 3.05) is 5.73 Å². The molecule has 0 bridgehead atoms. The highest BCUT2D eigenvalue weighted by molar-refractivity contribution is 6.31. The molecule has 17 heavy (non-hydrogen) atoms. The molecule has 0 saturated heterocycles. The van der Waals surface area contributed by atoms with E-state index in [9.17, 15) is 0 Å². The summed E-state index contributed by atoms with van der Waals surface area (Å²) >= 11 is 5.91. The van der Waals surface area contributed by atoms with Crippen LogP contribution in [0.1, 0.15) is 25.5 Å². The first-order valence-corrected chi connectivity index (χ1v) is 5.95. The fourth-order valence-corrected chi connectivity index (χ4v) is 2.10. The van der Waals surface area contributed by atoms with Gasteiger partial charge in [0.2, 0.25) is 0 Å². The number of aromatic nitrogens is 2. The molecule has 2 rings (SSSR count). The number of anilines is 1. The summed E-state index contributed by atoms with van der Waals surface area (Å²) in [6.45, 7) is 4.25. The molecule has 90 valence electrons. The Balaban J connectivity index is 2.59. The zero-order chi connectivity index (χ0) is 12.6. The summed E-state index contributed by atoms with van der Waals surface area (Å²) < 4.78 is 1.82. The molecule has 1 heterocycles. The van der Waals surface area contributed by atoms with Gasteiger partial charge in [-0.3, -0.25) is 4.68 Å². The third-order valence-electron chi connectivity index (χ3n) is 2.71. The van der Waals surface area contributed by atoms with E-state index in [1.165, 1.54) is 0 Å². The standard InChI is InChI=1S/C13H16ClN3/c1-8(2)13-11(7-17(3)16-13)10-5-4-9(14)6-12(10)15/h4-8H,15H2,1-3H3. The van der Waals surface area contributed by atoms with E-state index in [4.69, 9.17) is 17.3 Å². The largest absolute Gasteiger partial charge is 0.398 e. The molecule has 1 aromatic carbocycles. The molecule has 0 atom stereocenters. The first-order valence-electron chi connectivity index (χ1n) is 5.58. The van der Waals surface area contributed by atoms with Crippen LogP contribution in [0.2, 0.25) is 5.02 Å². The summed E-state index contributed by atoms with van der Waals surface area (Å²) in [6, 6.07) is 5.57. The number of hydrogen-bond acceptors (Lipinski definition) is 2. The quantitative estimate of drug-likeness (QED) is 0.829. The Morgan fingerprint density at radius 2 is 2.00 bits per heavy atom. The summed E-state index contributed by atoms with van der Waals surface area (Å²) in [6.07, 6.45) is 1.99. The average molecular weight is 250 g/mol. The minimum Gasteiger partial charge on any atom is -0.398 e. The number of halogens is 1. The van der Waals surface area contributed by atoms with E-state index in [0.29, 0.717) is 16.6 Å². The Morgan fingerprint density at radius 1 is 1.29 bits per heavy atom. The minimum absolute atomic E-state index is 0.362. The number of nitrogens with two attached hydrogens (primary N) is 1. The monoisotopic (exact) mass is 249 g/mol. The van der Waals surface area contributed by atoms with Gasteiger partial charge in [0, 0.05) is 35.1 Å². The van der Waals surface area contributed by atoms with Gasteiger partial charge in [-0.25, -0.2) is 0 Å². The van der Waals surface area contributed by atoms with Crippen molar-refractivity contribution in [2.24, 2.45) is 7.05 Å². The SMILES string of the molecule is CC(C)c1nn(C)cc1-c1ccc(Cl)cc1N. The molecule has 0 fully saturated rings. The second-order valence-corrected chi connectivity index (χ2v) is 4.92. The smallest absolute Gasteiger partial charge is 0.0728 e. The normalized spacial score (nSPS) is 11.1. The summed E-state index contributed by atoms with van der Waals surface area (Å²) in [5, 5.41) is 5.13. The van der Waals surface area contributed by atoms with E-state index < -0.39 is 0 Å². The molecule has 0 unspecified atom stereocenters. The lowest BCUT2D eigenvalue weighted by molar-refractivity contribution is 0.713. The van der Waals surface area contributed by atoms with E-state index in [1.54, 1.807) is 6.07 Å². The molecule has 0 radical (unpaired) electrons. The maximum absolute atomic E-state index is 6.01. The molecule has 0 spiro atoms. The summed E-state index contributed by atoms with van der Waals surface area (Å²) in [4.78, 5) is 0. The van der Waals surface area contributed by atoms with Gasteiger partial charge in [-0.2, -0.15) is 5.10 Å². The lowest BCUT2D eigenvalue weighted by Gasteiger charge is -2.08. The Hall–Kier alpha value is -1.48. The van der Waals surface area contributed by atoms with Crippen molar-refractivity contribution in [3.05, 3.63) is 35.1 Å². The molecule has 4 heteroatoms. The molecule has 3 nitrogen and oxygen atoms in total. The van der Waals surface area contributed by atoms with Crippen LogP contribution in [0.3, 0.4) is 0 Å². The van der Waals surface area contributed by atoms with Crippen LogP contribution in [0.5, 0.6) is 0 Å². The van der Waals surface area contributed by atoms with Crippen LogP contribution in [-0.2, 0) is 7.05 Å². The van der Waals surface area contributed by atoms with E-state index in [2.05, 4.69) is 18.9 Å². The average Bonchev–Trinajstić information content (AvgIpc) is 2.60. The van der Waals surface area contributed by atoms with E-state index in [0.717, 1.165) is 16.8 Å². The fraction of sp³-hybridized carbons (Fsp3) is 0.308. The molecule has 1 aromatic heterocycles. The molecule has 0 aliphatic heterocycles. The summed E-state index contributed by atoms with van der Waals surface area (Å²) in [5.74, 6) is 0.362. The Morgan fingerprint density at radius 3 is 2.59 bits per heavy atom. The van der Waals surface area contributed by atoms with Crippen LogP contribution in [0.25, 0.3) is 11.1 Å². The Kier molecular flexibility index (Phi) is 3.11. The third-order valence-corrected chi connectivity index (χ3v) is 2.94. The van der Waals surface area contributed by atoms with E-state index >= 15 is 0 Å². The molecule has 2 aromatic rings. The van der Waals surface area contributed by atoms with Gasteiger partial charge < -0.3 is 5.73 Å². The summed E-state index contributed by atoms with van der Waals surface area (Å²) in [5.41, 5.74) is 9.83. The van der Waals surface area contributed by atoms with Crippen molar-refractivity contribution in [3.8, 4) is 11.1 Å². The second-order valence-electron chi connectivity index (χ2n) is 4.49. The maximum Gasteiger partial charge on any atom is 0.0728 e. The number of hydrogen-bond donors (Lipinski definition) is 1. The summed E-state index contributed by atoms with van der Waals surface area (Å²) in [7, 11) is 1.92. The van der Waals surface area contributed by atoms with Crippen molar-refractivity contribution in [1.82, 2.24) is 9.78 Å². The highest BCUT2D eigenvalue weighted by Gasteiger charge is 2.15. The lowest BCUT2D eigenvalue weighted by atomic mass is 9.99. The Bertz CT molecular complexity index is 544. The number of nitrogens with zero attached hydrogens (tertiary/aromatic N) is 2. The Labute approximate surface area is 106 Å². The van der Waals surface area contributed by atoms with Crippen molar-refractivity contribution >= 4 is 17.3 Å². The van der Waals surface area contributed by atoms with Crippen LogP contribution >= 0.6 is 11.6 Å². The molecule has 0 aliphatic carbocycles. The molecule has 2 N–H and O–H groups in total. The van der Waals surface area contributed by atoms with Crippen LogP contribution in [0.15, 0.2) is 24.4 Å². The van der Waals surface area contributed by atoms with Gasteiger partial charge in [0.1, 0.15) is 0 Å². The highest BCUT2D eigenvalue weighted by atomic mass is 35.5. The van der Waals surface area contributed by atoms with Gasteiger partial charge in [-0.15, -0.1) is 0 Å². The predicted molar refractivity (Wildman–Crippen MR) is 72.2 cm³/mol. The van der Waals surface area contributed by atoms with Crippen molar-refractivity contribution < 1.29 is 0 Å². The van der Waals surface area contributed by atoms with Gasteiger partial charge in [0.05, 0.1) is 5.69 Å². The first kappa shape index (κ1) is 12.0. The van der Waals surface area contributed by atoms with Crippen molar-refractivity contribution in [1.29, 1.82) is 0 Å². The fourth-order valence-electron chi connectivity index (χ4n) is 1.92. The van der Waals surface area contributed by atoms with Crippen molar-refractivity contribution in [3.63, 3.8) is 0 Å². The van der Waals surface area contributed by atoms with Gasteiger partial charge in [0.25, 0.3) is 0 Å². The number of nitrogen functional groups attached to an aromatic ring is 1. The first-order chi connectivity index (χ1) is 7.99. The van der Waals surface area contributed by atoms with Gasteiger partial charge in [-0.1, -0.05) is 31.5 Å². The van der Waals surface area contributed by atoms with Gasteiger partial charge in [0.15, 0.2) is 0 Å². The zero-order valence-electron chi connectivity index (χ0n) is 10.2. The topological polar surface area (TPSA) is 43.8 Å². The van der Waals surface area contributed by atoms with Crippen LogP contribution in [0.4, 0.5) is 5.69 Å². The number of aryl methyl sites for hydroxylation is 1.